The Morgan fingerprint density at radius 1 is 1.73 bits per heavy atom. The molecule has 0 aliphatic carbocycles. The molecule has 1 heterocycles. The lowest BCUT2D eigenvalue weighted by molar-refractivity contribution is 0.488. The van der Waals surface area contributed by atoms with Crippen molar-refractivity contribution < 1.29 is 8.63 Å². The van der Waals surface area contributed by atoms with Gasteiger partial charge in [-0.1, -0.05) is 6.92 Å². The number of hydrogen-bond acceptors (Lipinski definition) is 3. The summed E-state index contributed by atoms with van der Waals surface area (Å²) in [6, 6.07) is 0. The van der Waals surface area contributed by atoms with Crippen LogP contribution in [0.1, 0.15) is 18.6 Å². The van der Waals surface area contributed by atoms with E-state index in [1.807, 2.05) is 13.8 Å². The van der Waals surface area contributed by atoms with Gasteiger partial charge >= 0.3 is 0 Å². The van der Waals surface area contributed by atoms with Crippen LogP contribution in [-0.2, 0) is 16.6 Å². The highest BCUT2D eigenvalue weighted by molar-refractivity contribution is 7.84. The highest BCUT2D eigenvalue weighted by atomic mass is 32.2. The molecule has 0 spiro atoms. The molecule has 0 N–H and O–H groups in total. The Morgan fingerprint density at radius 2 is 2.45 bits per heavy atom. The predicted octanol–water partition coefficient (Wildman–Crippen LogP) is 1.25. The van der Waals surface area contributed by atoms with E-state index < -0.39 is 10.8 Å². The van der Waals surface area contributed by atoms with Crippen molar-refractivity contribution >= 4 is 10.8 Å². The number of hydrogen-bond donors (Lipinski definition) is 0. The molecule has 0 saturated heterocycles. The van der Waals surface area contributed by atoms with E-state index in [2.05, 4.69) is 4.98 Å². The van der Waals surface area contributed by atoms with Crippen molar-refractivity contribution in [2.45, 2.75) is 19.6 Å². The van der Waals surface area contributed by atoms with Gasteiger partial charge in [0.1, 0.15) is 11.5 Å². The van der Waals surface area contributed by atoms with E-state index in [0.29, 0.717) is 17.4 Å². The summed E-state index contributed by atoms with van der Waals surface area (Å²) in [5.74, 6) is 2.43. The number of rotatable bonds is 3. The van der Waals surface area contributed by atoms with Crippen LogP contribution in [0.3, 0.4) is 0 Å². The SMILES string of the molecule is CCS(=O)Cc1ncc(C)o1. The van der Waals surface area contributed by atoms with E-state index in [1.165, 1.54) is 0 Å². The number of nitrogens with zero attached hydrogens (tertiary/aromatic N) is 1. The lowest BCUT2D eigenvalue weighted by atomic mass is 10.6. The average Bonchev–Trinajstić information content (AvgIpc) is 2.35. The zero-order valence-corrected chi connectivity index (χ0v) is 7.48. The molecule has 62 valence electrons. The molecule has 0 amide bonds. The fraction of sp³-hybridized carbons (Fsp3) is 0.571. The van der Waals surface area contributed by atoms with Gasteiger partial charge in [0.2, 0.25) is 5.89 Å². The van der Waals surface area contributed by atoms with Gasteiger partial charge in [-0.05, 0) is 6.92 Å². The van der Waals surface area contributed by atoms with Crippen molar-refractivity contribution in [3.8, 4) is 0 Å². The molecule has 0 aromatic carbocycles. The van der Waals surface area contributed by atoms with Crippen LogP contribution in [0.4, 0.5) is 0 Å². The van der Waals surface area contributed by atoms with Crippen molar-refractivity contribution in [1.82, 2.24) is 4.98 Å². The topological polar surface area (TPSA) is 43.1 Å². The van der Waals surface area contributed by atoms with E-state index in [4.69, 9.17) is 4.42 Å². The standard InChI is InChI=1S/C7H11NO2S/c1-3-11(9)5-7-8-4-6(2)10-7/h4H,3,5H2,1-2H3. The second-order valence-electron chi connectivity index (χ2n) is 2.24. The summed E-state index contributed by atoms with van der Waals surface area (Å²) in [7, 11) is -0.821. The summed E-state index contributed by atoms with van der Waals surface area (Å²) < 4.78 is 16.2. The Morgan fingerprint density at radius 3 is 2.91 bits per heavy atom. The molecule has 3 nitrogen and oxygen atoms in total. The zero-order valence-electron chi connectivity index (χ0n) is 6.66. The normalized spacial score (nSPS) is 13.3. The minimum atomic E-state index is -0.821. The number of aromatic nitrogens is 1. The van der Waals surface area contributed by atoms with Gasteiger partial charge in [-0.2, -0.15) is 0 Å². The van der Waals surface area contributed by atoms with Crippen molar-refractivity contribution in [1.29, 1.82) is 0 Å². The van der Waals surface area contributed by atoms with Crippen LogP contribution in [0.25, 0.3) is 0 Å². The van der Waals surface area contributed by atoms with Crippen molar-refractivity contribution in [3.63, 3.8) is 0 Å². The van der Waals surface area contributed by atoms with Gasteiger partial charge in [0.15, 0.2) is 0 Å². The lowest BCUT2D eigenvalue weighted by Gasteiger charge is -1.91. The van der Waals surface area contributed by atoms with E-state index in [-0.39, 0.29) is 0 Å². The van der Waals surface area contributed by atoms with Crippen LogP contribution in [-0.4, -0.2) is 14.9 Å². The van der Waals surface area contributed by atoms with E-state index >= 15 is 0 Å². The maximum Gasteiger partial charge on any atom is 0.206 e. The van der Waals surface area contributed by atoms with Crippen LogP contribution in [0.5, 0.6) is 0 Å². The number of oxazole rings is 1. The fourth-order valence-electron chi connectivity index (χ4n) is 0.708. The van der Waals surface area contributed by atoms with Crippen molar-refractivity contribution in [3.05, 3.63) is 17.8 Å². The minimum absolute atomic E-state index is 0.435. The Bertz CT molecular complexity index is 257. The first-order valence-electron chi connectivity index (χ1n) is 3.48. The summed E-state index contributed by atoms with van der Waals surface area (Å²) in [4.78, 5) is 3.94. The van der Waals surface area contributed by atoms with Crippen LogP contribution in [0, 0.1) is 6.92 Å². The van der Waals surface area contributed by atoms with Crippen LogP contribution in [0.2, 0.25) is 0 Å². The van der Waals surface area contributed by atoms with Crippen LogP contribution < -0.4 is 0 Å². The first-order valence-corrected chi connectivity index (χ1v) is 4.97. The molecule has 1 rings (SSSR count). The molecule has 0 radical (unpaired) electrons. The second-order valence-corrected chi connectivity index (χ2v) is 3.98. The van der Waals surface area contributed by atoms with Gasteiger partial charge in [0.25, 0.3) is 0 Å². The third kappa shape index (κ3) is 2.46. The molecule has 11 heavy (non-hydrogen) atoms. The summed E-state index contributed by atoms with van der Waals surface area (Å²) in [5, 5.41) is 0. The van der Waals surface area contributed by atoms with Crippen LogP contribution >= 0.6 is 0 Å². The molecule has 0 fully saturated rings. The molecule has 1 atom stereocenters. The van der Waals surface area contributed by atoms with Gasteiger partial charge in [0.05, 0.1) is 6.20 Å². The van der Waals surface area contributed by atoms with Gasteiger partial charge < -0.3 is 4.42 Å². The molecule has 0 aliphatic rings. The largest absolute Gasteiger partial charge is 0.445 e. The third-order valence-corrected chi connectivity index (χ3v) is 2.49. The average molecular weight is 173 g/mol. The fourth-order valence-corrected chi connectivity index (χ4v) is 1.32. The number of aryl methyl sites for hydroxylation is 1. The molecule has 0 aliphatic heterocycles. The van der Waals surface area contributed by atoms with E-state index in [9.17, 15) is 4.21 Å². The first-order chi connectivity index (χ1) is 5.22. The maximum atomic E-state index is 11.0. The summed E-state index contributed by atoms with van der Waals surface area (Å²) in [6.07, 6.45) is 1.64. The van der Waals surface area contributed by atoms with Crippen LogP contribution in [0.15, 0.2) is 10.6 Å². The molecule has 0 bridgehead atoms. The molecular weight excluding hydrogens is 162 g/mol. The zero-order chi connectivity index (χ0) is 8.27. The van der Waals surface area contributed by atoms with Gasteiger partial charge in [-0.15, -0.1) is 0 Å². The Balaban J connectivity index is 2.57. The summed E-state index contributed by atoms with van der Waals surface area (Å²) in [5.41, 5.74) is 0. The highest BCUT2D eigenvalue weighted by Gasteiger charge is 2.03. The predicted molar refractivity (Wildman–Crippen MR) is 43.6 cm³/mol. The Kier molecular flexibility index (Phi) is 2.82. The second kappa shape index (κ2) is 3.67. The minimum Gasteiger partial charge on any atom is -0.445 e. The van der Waals surface area contributed by atoms with E-state index in [1.54, 1.807) is 6.20 Å². The molecule has 0 saturated carbocycles. The Labute approximate surface area is 68.3 Å². The van der Waals surface area contributed by atoms with Gasteiger partial charge in [0, 0.05) is 16.6 Å². The highest BCUT2D eigenvalue weighted by Crippen LogP contribution is 2.04. The van der Waals surface area contributed by atoms with Crippen molar-refractivity contribution in [2.24, 2.45) is 0 Å². The Hall–Kier alpha value is -0.640. The van der Waals surface area contributed by atoms with E-state index in [0.717, 1.165) is 5.76 Å². The monoisotopic (exact) mass is 173 g/mol. The molecule has 4 heteroatoms. The van der Waals surface area contributed by atoms with Gasteiger partial charge in [-0.3, -0.25) is 4.21 Å². The third-order valence-electron chi connectivity index (χ3n) is 1.28. The van der Waals surface area contributed by atoms with Gasteiger partial charge in [-0.25, -0.2) is 4.98 Å². The molecule has 1 aromatic heterocycles. The molecular formula is C7H11NO2S. The summed E-state index contributed by atoms with van der Waals surface area (Å²) in [6.45, 7) is 3.71. The van der Waals surface area contributed by atoms with Crippen molar-refractivity contribution in [2.75, 3.05) is 5.75 Å². The maximum absolute atomic E-state index is 11.0. The lowest BCUT2D eigenvalue weighted by Crippen LogP contribution is -1.97. The molecule has 1 unspecified atom stereocenters. The first kappa shape index (κ1) is 8.46. The molecule has 1 aromatic rings. The smallest absolute Gasteiger partial charge is 0.206 e. The quantitative estimate of drug-likeness (QED) is 0.691. The summed E-state index contributed by atoms with van der Waals surface area (Å²) >= 11 is 0.